The third kappa shape index (κ3) is 4.88. The van der Waals surface area contributed by atoms with E-state index < -0.39 is 57.5 Å². The number of carbonyl (C=O) groups excluding carboxylic acids is 4. The first-order valence-electron chi connectivity index (χ1n) is 15.0. The van der Waals surface area contributed by atoms with E-state index in [1.807, 2.05) is 0 Å². The minimum absolute atomic E-state index is 0.0602. The van der Waals surface area contributed by atoms with Crippen molar-refractivity contribution >= 4 is 23.9 Å². The molecule has 0 aromatic rings. The Morgan fingerprint density at radius 2 is 1.17 bits per heavy atom. The predicted molar refractivity (Wildman–Crippen MR) is 146 cm³/mol. The van der Waals surface area contributed by atoms with Gasteiger partial charge in [-0.05, 0) is 63.2 Å². The minimum Gasteiger partial charge on any atom is -0.459 e. The Balaban J connectivity index is 1.19. The fourth-order valence-electron chi connectivity index (χ4n) is 10.7. The maximum atomic E-state index is 13.7. The van der Waals surface area contributed by atoms with Crippen LogP contribution in [0.25, 0.3) is 0 Å². The Hall–Kier alpha value is -2.72. The van der Waals surface area contributed by atoms with Gasteiger partial charge in [-0.3, -0.25) is 9.59 Å². The lowest BCUT2D eigenvalue weighted by atomic mass is 9.45. The second kappa shape index (κ2) is 9.14. The van der Waals surface area contributed by atoms with Gasteiger partial charge in [-0.25, -0.2) is 9.59 Å². The van der Waals surface area contributed by atoms with Gasteiger partial charge in [0.15, 0.2) is 0 Å². The maximum absolute atomic E-state index is 13.7. The number of rotatable bonds is 8. The highest BCUT2D eigenvalue weighted by atomic mass is 16.6. The molecule has 8 bridgehead atoms. The van der Waals surface area contributed by atoms with E-state index in [0.29, 0.717) is 51.4 Å². The van der Waals surface area contributed by atoms with Gasteiger partial charge in [0, 0.05) is 63.5 Å². The number of esters is 4. The van der Waals surface area contributed by atoms with Gasteiger partial charge in [-0.1, -0.05) is 13.2 Å². The lowest BCUT2D eigenvalue weighted by Gasteiger charge is -2.65. The predicted octanol–water partition coefficient (Wildman–Crippen LogP) is 3.36. The van der Waals surface area contributed by atoms with Gasteiger partial charge < -0.3 is 29.2 Å². The summed E-state index contributed by atoms with van der Waals surface area (Å²) >= 11 is 0. The topological polar surface area (TPSA) is 146 Å². The average Bonchev–Trinajstić information content (AvgIpc) is 2.76. The SMILES string of the molecule is C=C(C)C(=O)OC12CC3CC(O)(C1)CC(O)(C2)C3CC(=C)C(=O)OC12CC3CC(OC(C)=O)(CC(OC(C)=O)(C3)C1)C2. The van der Waals surface area contributed by atoms with E-state index in [1.54, 1.807) is 6.92 Å². The number of carbonyl (C=O) groups is 4. The molecule has 230 valence electrons. The Labute approximate surface area is 245 Å². The molecule has 10 heteroatoms. The Morgan fingerprint density at radius 1 is 0.667 bits per heavy atom. The van der Waals surface area contributed by atoms with E-state index in [1.165, 1.54) is 13.8 Å². The first-order chi connectivity index (χ1) is 19.4. The molecule has 42 heavy (non-hydrogen) atoms. The van der Waals surface area contributed by atoms with Gasteiger partial charge in [0.2, 0.25) is 0 Å². The van der Waals surface area contributed by atoms with Gasteiger partial charge in [-0.2, -0.15) is 0 Å². The molecular formula is C32H42O10. The summed E-state index contributed by atoms with van der Waals surface area (Å²) < 4.78 is 23.8. The van der Waals surface area contributed by atoms with E-state index >= 15 is 0 Å². The zero-order valence-corrected chi connectivity index (χ0v) is 24.8. The van der Waals surface area contributed by atoms with Crippen LogP contribution in [0.2, 0.25) is 0 Å². The standard InChI is InChI=1S/C32H42O10/c1-18(2)25(35)41-31-11-23-10-27(37,12-31)13-32(38,17-31)24(23)6-19(3)26(36)42-30-9-22-7-28(15-30,39-20(4)33)14-29(8-22,16-30)40-21(5)34/h22-24,37-38H,1,3,6-17H2,2,4-5H3. The first-order valence-corrected chi connectivity index (χ1v) is 15.0. The van der Waals surface area contributed by atoms with Gasteiger partial charge in [-0.15, -0.1) is 0 Å². The highest BCUT2D eigenvalue weighted by Crippen LogP contribution is 2.65. The van der Waals surface area contributed by atoms with E-state index in [2.05, 4.69) is 13.2 Å². The van der Waals surface area contributed by atoms with Crippen molar-refractivity contribution in [3.63, 3.8) is 0 Å². The van der Waals surface area contributed by atoms with Crippen LogP contribution >= 0.6 is 0 Å². The van der Waals surface area contributed by atoms with Crippen LogP contribution in [0.4, 0.5) is 0 Å². The molecule has 0 amide bonds. The summed E-state index contributed by atoms with van der Waals surface area (Å²) in [5.74, 6) is -2.47. The maximum Gasteiger partial charge on any atom is 0.333 e. The third-order valence-electron chi connectivity index (χ3n) is 10.8. The average molecular weight is 587 g/mol. The van der Waals surface area contributed by atoms with E-state index in [4.69, 9.17) is 18.9 Å². The number of hydrogen-bond acceptors (Lipinski definition) is 10. The van der Waals surface area contributed by atoms with Crippen LogP contribution in [0.3, 0.4) is 0 Å². The molecule has 0 aromatic heterocycles. The van der Waals surface area contributed by atoms with Crippen LogP contribution < -0.4 is 0 Å². The summed E-state index contributed by atoms with van der Waals surface area (Å²) in [5.41, 5.74) is -5.72. The van der Waals surface area contributed by atoms with Crippen LogP contribution in [0.5, 0.6) is 0 Å². The monoisotopic (exact) mass is 586 g/mol. The summed E-state index contributed by atoms with van der Waals surface area (Å²) in [6.07, 6.45) is 4.56. The fourth-order valence-corrected chi connectivity index (χ4v) is 10.7. The van der Waals surface area contributed by atoms with Crippen LogP contribution in [0, 0.1) is 17.8 Å². The second-order valence-electron chi connectivity index (χ2n) is 14.9. The molecule has 7 unspecified atom stereocenters. The van der Waals surface area contributed by atoms with Crippen LogP contribution in [-0.2, 0) is 38.1 Å². The smallest absolute Gasteiger partial charge is 0.333 e. The second-order valence-corrected chi connectivity index (χ2v) is 14.9. The van der Waals surface area contributed by atoms with E-state index in [9.17, 15) is 29.4 Å². The molecule has 0 aliphatic heterocycles. The van der Waals surface area contributed by atoms with Gasteiger partial charge in [0.05, 0.1) is 11.2 Å². The molecule has 7 atom stereocenters. The van der Waals surface area contributed by atoms with Crippen LogP contribution in [0.15, 0.2) is 24.3 Å². The quantitative estimate of drug-likeness (QED) is 0.247. The fraction of sp³-hybridized carbons (Fsp3) is 0.750. The molecule has 8 aliphatic rings. The molecule has 0 heterocycles. The molecule has 0 radical (unpaired) electrons. The highest BCUT2D eigenvalue weighted by molar-refractivity contribution is 5.88. The molecule has 8 aliphatic carbocycles. The summed E-state index contributed by atoms with van der Waals surface area (Å²) in [7, 11) is 0. The van der Waals surface area contributed by atoms with Gasteiger partial charge >= 0.3 is 23.9 Å². The zero-order valence-electron chi connectivity index (χ0n) is 24.8. The molecule has 0 spiro atoms. The van der Waals surface area contributed by atoms with Crippen LogP contribution in [-0.4, -0.2) is 67.7 Å². The Bertz CT molecular complexity index is 1250. The Kier molecular flexibility index (Phi) is 6.39. The number of ether oxygens (including phenoxy) is 4. The lowest BCUT2D eigenvalue weighted by molar-refractivity contribution is -0.283. The minimum atomic E-state index is -1.34. The molecule has 0 aromatic carbocycles. The van der Waals surface area contributed by atoms with Crippen molar-refractivity contribution in [2.75, 3.05) is 0 Å². The van der Waals surface area contributed by atoms with Crippen molar-refractivity contribution in [3.05, 3.63) is 24.3 Å². The number of hydrogen-bond donors (Lipinski definition) is 2. The molecule has 2 N–H and O–H groups in total. The van der Waals surface area contributed by atoms with Crippen molar-refractivity contribution in [1.29, 1.82) is 0 Å². The summed E-state index contributed by atoms with van der Waals surface area (Å²) in [6, 6.07) is 0. The van der Waals surface area contributed by atoms with Crippen molar-refractivity contribution in [3.8, 4) is 0 Å². The molecule has 0 saturated heterocycles. The lowest BCUT2D eigenvalue weighted by Crippen LogP contribution is -2.70. The molecule has 8 saturated carbocycles. The normalized spacial score (nSPS) is 45.7. The summed E-state index contributed by atoms with van der Waals surface area (Å²) in [4.78, 5) is 50.2. The third-order valence-corrected chi connectivity index (χ3v) is 10.8. The molecule has 10 nitrogen and oxygen atoms in total. The van der Waals surface area contributed by atoms with E-state index in [0.717, 1.165) is 0 Å². The van der Waals surface area contributed by atoms with Crippen LogP contribution in [0.1, 0.15) is 97.8 Å². The van der Waals surface area contributed by atoms with Crippen molar-refractivity contribution in [1.82, 2.24) is 0 Å². The number of aliphatic hydroxyl groups is 2. The highest BCUT2D eigenvalue weighted by Gasteiger charge is 2.70. The van der Waals surface area contributed by atoms with Gasteiger partial charge in [0.25, 0.3) is 0 Å². The van der Waals surface area contributed by atoms with Crippen molar-refractivity contribution < 1.29 is 48.3 Å². The largest absolute Gasteiger partial charge is 0.459 e. The molecule has 8 fully saturated rings. The van der Waals surface area contributed by atoms with E-state index in [-0.39, 0.29) is 54.6 Å². The Morgan fingerprint density at radius 3 is 1.67 bits per heavy atom. The first kappa shape index (κ1) is 29.4. The molecular weight excluding hydrogens is 544 g/mol. The van der Waals surface area contributed by atoms with Crippen molar-refractivity contribution in [2.45, 2.75) is 131 Å². The zero-order chi connectivity index (χ0) is 30.5. The summed E-state index contributed by atoms with van der Waals surface area (Å²) in [5, 5.41) is 23.2. The van der Waals surface area contributed by atoms with Gasteiger partial charge in [0.1, 0.15) is 22.4 Å². The molecule has 8 rings (SSSR count). The summed E-state index contributed by atoms with van der Waals surface area (Å²) in [6.45, 7) is 12.0. The van der Waals surface area contributed by atoms with Crippen molar-refractivity contribution in [2.24, 2.45) is 17.8 Å².